The Morgan fingerprint density at radius 1 is 1.16 bits per heavy atom. The number of carbonyl (C=O) groups is 2. The smallest absolute Gasteiger partial charge is 0.326 e. The van der Waals surface area contributed by atoms with Crippen LogP contribution in [-0.2, 0) is 16.1 Å². The summed E-state index contributed by atoms with van der Waals surface area (Å²) in [6.45, 7) is 4.34. The number of benzene rings is 2. The standard InChI is InChI=1S/C22H23N3O6S/c1-3-5-12-31-17-9-6-15(7-10-17)21(27)23-22-24(14-20(26)30-4-2)18-13-16(25(28)29)8-11-19(18)32-22/h6-11,13H,3-5,12,14H2,1-2H3. The number of unbranched alkanes of at least 4 members (excludes halogenated alkanes) is 1. The monoisotopic (exact) mass is 457 g/mol. The highest BCUT2D eigenvalue weighted by Crippen LogP contribution is 2.23. The first kappa shape index (κ1) is 23.1. The van der Waals surface area contributed by atoms with Crippen LogP contribution in [0.5, 0.6) is 5.75 Å². The molecule has 0 bridgehead atoms. The molecular formula is C22H23N3O6S. The molecule has 10 heteroatoms. The molecule has 0 aliphatic rings. The number of fused-ring (bicyclic) bond motifs is 1. The molecule has 0 atom stereocenters. The van der Waals surface area contributed by atoms with Gasteiger partial charge in [-0.15, -0.1) is 0 Å². The topological polar surface area (TPSA) is 113 Å². The quantitative estimate of drug-likeness (QED) is 0.207. The van der Waals surface area contributed by atoms with E-state index < -0.39 is 16.8 Å². The average molecular weight is 458 g/mol. The molecule has 0 N–H and O–H groups in total. The Kier molecular flexibility index (Phi) is 7.72. The van der Waals surface area contributed by atoms with Gasteiger partial charge in [0.1, 0.15) is 12.3 Å². The lowest BCUT2D eigenvalue weighted by molar-refractivity contribution is -0.384. The van der Waals surface area contributed by atoms with Crippen LogP contribution in [0.1, 0.15) is 37.0 Å². The normalized spacial score (nSPS) is 11.5. The van der Waals surface area contributed by atoms with Crippen molar-refractivity contribution in [2.75, 3.05) is 13.2 Å². The first-order chi connectivity index (χ1) is 15.4. The van der Waals surface area contributed by atoms with E-state index in [0.29, 0.717) is 28.1 Å². The first-order valence-corrected chi connectivity index (χ1v) is 11.0. The highest BCUT2D eigenvalue weighted by atomic mass is 32.1. The van der Waals surface area contributed by atoms with Crippen LogP contribution in [0.3, 0.4) is 0 Å². The van der Waals surface area contributed by atoms with Gasteiger partial charge in [0.05, 0.1) is 28.4 Å². The number of thiazole rings is 1. The number of aromatic nitrogens is 1. The van der Waals surface area contributed by atoms with Crippen molar-refractivity contribution in [3.05, 3.63) is 62.9 Å². The van der Waals surface area contributed by atoms with Gasteiger partial charge < -0.3 is 14.0 Å². The number of ether oxygens (including phenoxy) is 2. The molecule has 0 fully saturated rings. The molecule has 0 saturated heterocycles. The average Bonchev–Trinajstić information content (AvgIpc) is 3.10. The highest BCUT2D eigenvalue weighted by Gasteiger charge is 2.16. The molecular weight excluding hydrogens is 434 g/mol. The summed E-state index contributed by atoms with van der Waals surface area (Å²) in [5, 5.41) is 11.2. The number of esters is 1. The summed E-state index contributed by atoms with van der Waals surface area (Å²) in [5.41, 5.74) is 0.673. The van der Waals surface area contributed by atoms with Crippen molar-refractivity contribution in [2.45, 2.75) is 33.2 Å². The largest absolute Gasteiger partial charge is 0.494 e. The van der Waals surface area contributed by atoms with E-state index in [1.54, 1.807) is 37.3 Å². The second-order valence-electron chi connectivity index (χ2n) is 6.83. The Balaban J connectivity index is 1.97. The second-order valence-corrected chi connectivity index (χ2v) is 7.84. The Morgan fingerprint density at radius 2 is 1.91 bits per heavy atom. The SMILES string of the molecule is CCCCOc1ccc(C(=O)N=c2sc3ccc([N+](=O)[O-])cc3n2CC(=O)OCC)cc1. The van der Waals surface area contributed by atoms with E-state index in [-0.39, 0.29) is 23.6 Å². The van der Waals surface area contributed by atoms with Crippen LogP contribution >= 0.6 is 11.3 Å². The minimum atomic E-state index is -0.527. The van der Waals surface area contributed by atoms with E-state index in [1.807, 2.05) is 0 Å². The van der Waals surface area contributed by atoms with Crippen molar-refractivity contribution in [3.8, 4) is 5.75 Å². The molecule has 9 nitrogen and oxygen atoms in total. The van der Waals surface area contributed by atoms with Gasteiger partial charge >= 0.3 is 5.97 Å². The van der Waals surface area contributed by atoms with Crippen LogP contribution in [0.2, 0.25) is 0 Å². The Hall–Kier alpha value is -3.53. The van der Waals surface area contributed by atoms with Crippen molar-refractivity contribution in [1.82, 2.24) is 4.57 Å². The molecule has 0 radical (unpaired) electrons. The van der Waals surface area contributed by atoms with Crippen LogP contribution in [0.25, 0.3) is 10.2 Å². The predicted octanol–water partition coefficient (Wildman–Crippen LogP) is 4.09. The molecule has 168 valence electrons. The van der Waals surface area contributed by atoms with Crippen LogP contribution < -0.4 is 9.54 Å². The lowest BCUT2D eigenvalue weighted by Crippen LogP contribution is -2.23. The summed E-state index contributed by atoms with van der Waals surface area (Å²) in [5.74, 6) is -0.355. The summed E-state index contributed by atoms with van der Waals surface area (Å²) in [7, 11) is 0. The van der Waals surface area contributed by atoms with Crippen molar-refractivity contribution >= 4 is 39.1 Å². The maximum atomic E-state index is 12.8. The van der Waals surface area contributed by atoms with Crippen LogP contribution in [-0.4, -0.2) is 34.6 Å². The number of nitro benzene ring substituents is 1. The van der Waals surface area contributed by atoms with Gasteiger partial charge in [-0.05, 0) is 43.7 Å². The molecule has 2 aromatic carbocycles. The third-order valence-corrected chi connectivity index (χ3v) is 5.59. The maximum absolute atomic E-state index is 12.8. The van der Waals surface area contributed by atoms with Gasteiger partial charge in [-0.1, -0.05) is 24.7 Å². The molecule has 0 spiro atoms. The minimum absolute atomic E-state index is 0.121. The van der Waals surface area contributed by atoms with E-state index in [9.17, 15) is 19.7 Å². The molecule has 0 aliphatic heterocycles. The zero-order valence-electron chi connectivity index (χ0n) is 17.8. The van der Waals surface area contributed by atoms with Crippen molar-refractivity contribution in [2.24, 2.45) is 4.99 Å². The fraction of sp³-hybridized carbons (Fsp3) is 0.318. The number of rotatable bonds is 9. The lowest BCUT2D eigenvalue weighted by Gasteiger charge is -2.06. The van der Waals surface area contributed by atoms with Gasteiger partial charge in [-0.2, -0.15) is 4.99 Å². The third-order valence-electron chi connectivity index (χ3n) is 4.53. The van der Waals surface area contributed by atoms with E-state index in [2.05, 4.69) is 11.9 Å². The van der Waals surface area contributed by atoms with Crippen molar-refractivity contribution in [3.63, 3.8) is 0 Å². The zero-order valence-corrected chi connectivity index (χ0v) is 18.6. The van der Waals surface area contributed by atoms with E-state index in [0.717, 1.165) is 24.2 Å². The van der Waals surface area contributed by atoms with Gasteiger partial charge in [-0.3, -0.25) is 19.7 Å². The third kappa shape index (κ3) is 5.58. The molecule has 3 aromatic rings. The first-order valence-electron chi connectivity index (χ1n) is 10.2. The molecule has 0 unspecified atom stereocenters. The van der Waals surface area contributed by atoms with Crippen LogP contribution in [0, 0.1) is 10.1 Å². The summed E-state index contributed by atoms with van der Waals surface area (Å²) in [4.78, 5) is 40.0. The number of nitrogens with zero attached hydrogens (tertiary/aromatic N) is 3. The number of nitro groups is 1. The van der Waals surface area contributed by atoms with Crippen molar-refractivity contribution in [1.29, 1.82) is 0 Å². The molecule has 1 aromatic heterocycles. The van der Waals surface area contributed by atoms with Gasteiger partial charge in [-0.25, -0.2) is 0 Å². The minimum Gasteiger partial charge on any atom is -0.494 e. The molecule has 3 rings (SSSR count). The van der Waals surface area contributed by atoms with Gasteiger partial charge in [0.15, 0.2) is 4.80 Å². The number of carbonyl (C=O) groups excluding carboxylic acids is 2. The van der Waals surface area contributed by atoms with Gasteiger partial charge in [0.25, 0.3) is 11.6 Å². The number of amides is 1. The molecule has 0 aliphatic carbocycles. The zero-order chi connectivity index (χ0) is 23.1. The van der Waals surface area contributed by atoms with E-state index in [1.165, 1.54) is 16.7 Å². The van der Waals surface area contributed by atoms with E-state index in [4.69, 9.17) is 9.47 Å². The highest BCUT2D eigenvalue weighted by molar-refractivity contribution is 7.16. The fourth-order valence-electron chi connectivity index (χ4n) is 2.92. The van der Waals surface area contributed by atoms with Crippen LogP contribution in [0.15, 0.2) is 47.5 Å². The Bertz CT molecular complexity index is 1200. The number of hydrogen-bond donors (Lipinski definition) is 0. The molecule has 1 amide bonds. The molecule has 1 heterocycles. The second kappa shape index (κ2) is 10.7. The summed E-state index contributed by atoms with van der Waals surface area (Å²) in [6.07, 6.45) is 1.97. The number of hydrogen-bond acceptors (Lipinski definition) is 7. The summed E-state index contributed by atoms with van der Waals surface area (Å²) >= 11 is 1.16. The number of non-ortho nitro benzene ring substituents is 1. The van der Waals surface area contributed by atoms with Gasteiger partial charge in [0.2, 0.25) is 0 Å². The van der Waals surface area contributed by atoms with Gasteiger partial charge in [0, 0.05) is 17.7 Å². The lowest BCUT2D eigenvalue weighted by atomic mass is 10.2. The Labute approximate surface area is 188 Å². The maximum Gasteiger partial charge on any atom is 0.326 e. The fourth-order valence-corrected chi connectivity index (χ4v) is 3.93. The van der Waals surface area contributed by atoms with Crippen LogP contribution in [0.4, 0.5) is 5.69 Å². The Morgan fingerprint density at radius 3 is 2.56 bits per heavy atom. The molecule has 32 heavy (non-hydrogen) atoms. The summed E-state index contributed by atoms with van der Waals surface area (Å²) in [6, 6.07) is 11.0. The van der Waals surface area contributed by atoms with Crippen molar-refractivity contribution < 1.29 is 24.0 Å². The summed E-state index contributed by atoms with van der Waals surface area (Å²) < 4.78 is 12.7. The molecule has 0 saturated carbocycles. The predicted molar refractivity (Wildman–Crippen MR) is 120 cm³/mol. The van der Waals surface area contributed by atoms with E-state index >= 15 is 0 Å².